The minimum atomic E-state index is 0.409. The number of para-hydroxylation sites is 2. The molecule has 0 spiro atoms. The van der Waals surface area contributed by atoms with Crippen LogP contribution in [0.4, 0.5) is 0 Å². The molecule has 1 aliphatic heterocycles. The van der Waals surface area contributed by atoms with Crippen molar-refractivity contribution < 1.29 is 47.4 Å². The standard InChI is InChI=1S/C40H52O10/c1-2-10-40-39(9-1)49-29-27-47-25-23-45-21-19-43-17-15-41-13-11-33-5-3-7-35-31-36-8-4-6-34(38(36)32-37(33)35)12-14-42-16-18-44-20-22-46-24-26-48-28-30-50-40/h1-10,31-32H,11-30H2. The van der Waals surface area contributed by atoms with Crippen LogP contribution in [0, 0.1) is 0 Å². The second kappa shape index (κ2) is 23.2. The molecule has 0 radical (unpaired) electrons. The summed E-state index contributed by atoms with van der Waals surface area (Å²) in [7, 11) is 0. The lowest BCUT2D eigenvalue weighted by Crippen LogP contribution is -2.15. The Morgan fingerprint density at radius 2 is 0.640 bits per heavy atom. The van der Waals surface area contributed by atoms with Crippen LogP contribution in [0.5, 0.6) is 11.5 Å². The Kier molecular flexibility index (Phi) is 17.6. The molecule has 0 saturated heterocycles. The molecule has 0 amide bonds. The van der Waals surface area contributed by atoms with E-state index in [-0.39, 0.29) is 0 Å². The van der Waals surface area contributed by atoms with E-state index < -0.39 is 0 Å². The first-order valence-electron chi connectivity index (χ1n) is 17.8. The molecule has 0 atom stereocenters. The van der Waals surface area contributed by atoms with E-state index >= 15 is 0 Å². The fraction of sp³-hybridized carbons (Fsp3) is 0.500. The monoisotopic (exact) mass is 692 g/mol. The van der Waals surface area contributed by atoms with Gasteiger partial charge in [-0.1, -0.05) is 48.5 Å². The summed E-state index contributed by atoms with van der Waals surface area (Å²) in [4.78, 5) is 0. The molecule has 2 bridgehead atoms. The van der Waals surface area contributed by atoms with E-state index in [4.69, 9.17) is 47.4 Å². The second-order valence-corrected chi connectivity index (χ2v) is 11.7. The van der Waals surface area contributed by atoms with Crippen LogP contribution in [0.1, 0.15) is 11.1 Å². The number of rotatable bonds is 0. The SMILES string of the molecule is c1ccc2c(c1)OCCOCCOCCOCCOCCc1cccc3cc4cccc(c4cc13)CCOCCOCCOCCOCCO2. The van der Waals surface area contributed by atoms with E-state index in [1.807, 2.05) is 24.3 Å². The van der Waals surface area contributed by atoms with Crippen molar-refractivity contribution in [2.75, 3.05) is 119 Å². The summed E-state index contributed by atoms with van der Waals surface area (Å²) in [6, 6.07) is 25.2. The molecular weight excluding hydrogens is 640 g/mol. The van der Waals surface area contributed by atoms with Crippen molar-refractivity contribution in [3.8, 4) is 11.5 Å². The Labute approximate surface area is 295 Å². The fourth-order valence-corrected chi connectivity index (χ4v) is 5.62. The molecule has 1 aliphatic rings. The third-order valence-corrected chi connectivity index (χ3v) is 8.14. The Morgan fingerprint density at radius 1 is 0.300 bits per heavy atom. The minimum absolute atomic E-state index is 0.409. The Bertz CT molecular complexity index is 1400. The minimum Gasteiger partial charge on any atom is -0.487 e. The molecule has 50 heavy (non-hydrogen) atoms. The van der Waals surface area contributed by atoms with Crippen LogP contribution in [0.3, 0.4) is 0 Å². The highest BCUT2D eigenvalue weighted by Gasteiger charge is 2.08. The Morgan fingerprint density at radius 3 is 1.02 bits per heavy atom. The smallest absolute Gasteiger partial charge is 0.161 e. The van der Waals surface area contributed by atoms with Crippen LogP contribution in [0.25, 0.3) is 21.5 Å². The highest BCUT2D eigenvalue weighted by molar-refractivity contribution is 6.01. The summed E-state index contributed by atoms with van der Waals surface area (Å²) in [6.07, 6.45) is 1.67. The van der Waals surface area contributed by atoms with Gasteiger partial charge in [-0.15, -0.1) is 0 Å². The molecule has 272 valence electrons. The topological polar surface area (TPSA) is 92.3 Å². The van der Waals surface area contributed by atoms with Gasteiger partial charge in [-0.05, 0) is 69.8 Å². The van der Waals surface area contributed by atoms with Crippen LogP contribution >= 0.6 is 0 Å². The van der Waals surface area contributed by atoms with Gasteiger partial charge in [0.05, 0.1) is 106 Å². The van der Waals surface area contributed by atoms with Crippen molar-refractivity contribution in [2.24, 2.45) is 0 Å². The van der Waals surface area contributed by atoms with Crippen molar-refractivity contribution >= 4 is 21.5 Å². The van der Waals surface area contributed by atoms with Crippen molar-refractivity contribution in [3.05, 3.63) is 83.9 Å². The van der Waals surface area contributed by atoms with Gasteiger partial charge in [0.15, 0.2) is 11.5 Å². The molecule has 0 saturated carbocycles. The zero-order chi connectivity index (χ0) is 34.3. The van der Waals surface area contributed by atoms with Crippen LogP contribution in [-0.4, -0.2) is 119 Å². The predicted molar refractivity (Wildman–Crippen MR) is 193 cm³/mol. The van der Waals surface area contributed by atoms with Gasteiger partial charge in [-0.3, -0.25) is 0 Å². The highest BCUT2D eigenvalue weighted by Crippen LogP contribution is 2.29. The molecule has 0 N–H and O–H groups in total. The van der Waals surface area contributed by atoms with Crippen molar-refractivity contribution in [1.82, 2.24) is 0 Å². The molecule has 10 nitrogen and oxygen atoms in total. The van der Waals surface area contributed by atoms with E-state index in [2.05, 4.69) is 48.5 Å². The molecular formula is C40H52O10. The van der Waals surface area contributed by atoms with E-state index in [1.54, 1.807) is 0 Å². The van der Waals surface area contributed by atoms with Crippen molar-refractivity contribution in [1.29, 1.82) is 0 Å². The Balaban J connectivity index is 1.07. The van der Waals surface area contributed by atoms with Gasteiger partial charge in [0, 0.05) is 0 Å². The van der Waals surface area contributed by atoms with Crippen LogP contribution in [0.2, 0.25) is 0 Å². The van der Waals surface area contributed by atoms with Gasteiger partial charge in [0.1, 0.15) is 13.2 Å². The summed E-state index contributed by atoms with van der Waals surface area (Å²) in [5, 5.41) is 5.01. The lowest BCUT2D eigenvalue weighted by Gasteiger charge is -2.13. The largest absolute Gasteiger partial charge is 0.487 e. The quantitative estimate of drug-likeness (QED) is 0.215. The molecule has 10 heteroatoms. The van der Waals surface area contributed by atoms with E-state index in [9.17, 15) is 0 Å². The molecule has 0 aliphatic carbocycles. The average Bonchev–Trinajstić information content (AvgIpc) is 3.14. The average molecular weight is 693 g/mol. The van der Waals surface area contributed by atoms with Crippen molar-refractivity contribution in [2.45, 2.75) is 12.8 Å². The molecule has 5 rings (SSSR count). The lowest BCUT2D eigenvalue weighted by molar-refractivity contribution is -0.00512. The summed E-state index contributed by atoms with van der Waals surface area (Å²) >= 11 is 0. The summed E-state index contributed by atoms with van der Waals surface area (Å²) in [5.41, 5.74) is 2.56. The maximum atomic E-state index is 5.91. The van der Waals surface area contributed by atoms with Crippen molar-refractivity contribution in [3.63, 3.8) is 0 Å². The number of hydrogen-bond donors (Lipinski definition) is 0. The molecule has 1 heterocycles. The number of fused-ring (bicyclic) bond motifs is 1. The summed E-state index contributed by atoms with van der Waals surface area (Å²) in [6.45, 7) is 9.13. The molecule has 4 aromatic carbocycles. The summed E-state index contributed by atoms with van der Waals surface area (Å²) < 4.78 is 57.4. The maximum absolute atomic E-state index is 5.91. The number of hydrogen-bond acceptors (Lipinski definition) is 10. The van der Waals surface area contributed by atoms with Gasteiger partial charge >= 0.3 is 0 Å². The maximum Gasteiger partial charge on any atom is 0.161 e. The van der Waals surface area contributed by atoms with Crippen LogP contribution in [-0.2, 0) is 50.7 Å². The molecule has 0 fully saturated rings. The number of benzene rings is 4. The predicted octanol–water partition coefficient (Wildman–Crippen LogP) is 5.68. The second-order valence-electron chi connectivity index (χ2n) is 11.7. The van der Waals surface area contributed by atoms with Gasteiger partial charge in [-0.2, -0.15) is 0 Å². The zero-order valence-electron chi connectivity index (χ0n) is 29.2. The van der Waals surface area contributed by atoms with Gasteiger partial charge in [0.2, 0.25) is 0 Å². The normalized spacial score (nSPS) is 18.9. The van der Waals surface area contributed by atoms with Gasteiger partial charge < -0.3 is 47.4 Å². The van der Waals surface area contributed by atoms with E-state index in [0.717, 1.165) is 12.8 Å². The Hall–Kier alpha value is -3.32. The molecule has 0 aromatic heterocycles. The first-order chi connectivity index (χ1) is 24.9. The third-order valence-electron chi connectivity index (χ3n) is 8.14. The fourth-order valence-electron chi connectivity index (χ4n) is 5.62. The van der Waals surface area contributed by atoms with E-state index in [1.165, 1.54) is 32.7 Å². The highest BCUT2D eigenvalue weighted by atomic mass is 16.6. The van der Waals surface area contributed by atoms with Crippen LogP contribution < -0.4 is 9.47 Å². The number of ether oxygens (including phenoxy) is 10. The summed E-state index contributed by atoms with van der Waals surface area (Å²) in [5.74, 6) is 1.34. The molecule has 4 aromatic rings. The molecule has 0 unspecified atom stereocenters. The first kappa shape index (κ1) is 37.9. The third kappa shape index (κ3) is 13.4. The lowest BCUT2D eigenvalue weighted by atomic mass is 9.95. The first-order valence-corrected chi connectivity index (χ1v) is 17.8. The van der Waals surface area contributed by atoms with Crippen LogP contribution in [0.15, 0.2) is 72.8 Å². The van der Waals surface area contributed by atoms with Gasteiger partial charge in [0.25, 0.3) is 0 Å². The van der Waals surface area contributed by atoms with Gasteiger partial charge in [-0.25, -0.2) is 0 Å². The van der Waals surface area contributed by atoms with E-state index in [0.29, 0.717) is 130 Å². The zero-order valence-corrected chi connectivity index (χ0v) is 29.2.